The van der Waals surface area contributed by atoms with Crippen LogP contribution in [0.1, 0.15) is 97.3 Å². The summed E-state index contributed by atoms with van der Waals surface area (Å²) in [5.41, 5.74) is 5.86. The molecule has 1 saturated heterocycles. The second kappa shape index (κ2) is 8.94. The van der Waals surface area contributed by atoms with Crippen LogP contribution in [0.3, 0.4) is 0 Å². The van der Waals surface area contributed by atoms with Gasteiger partial charge >= 0.3 is 0 Å². The maximum atomic E-state index is 15.6. The quantitative estimate of drug-likeness (QED) is 0.322. The zero-order valence-electron chi connectivity index (χ0n) is 21.3. The van der Waals surface area contributed by atoms with Gasteiger partial charge in [-0.1, -0.05) is 12.5 Å². The monoisotopic (exact) mass is 498 g/mol. The van der Waals surface area contributed by atoms with Crippen molar-refractivity contribution in [3.8, 4) is 11.3 Å². The summed E-state index contributed by atoms with van der Waals surface area (Å²) in [6.07, 6.45) is 11.4. The maximum absolute atomic E-state index is 15.6. The van der Waals surface area contributed by atoms with Gasteiger partial charge in [0.25, 0.3) is 0 Å². The highest BCUT2D eigenvalue weighted by Gasteiger charge is 2.31. The number of rotatable bonds is 5. The van der Waals surface area contributed by atoms with E-state index in [0.29, 0.717) is 46.8 Å². The van der Waals surface area contributed by atoms with E-state index in [4.69, 9.17) is 24.7 Å². The van der Waals surface area contributed by atoms with E-state index in [-0.39, 0.29) is 17.8 Å². The van der Waals surface area contributed by atoms with Crippen LogP contribution in [-0.2, 0) is 4.74 Å². The van der Waals surface area contributed by atoms with E-state index in [0.717, 1.165) is 48.2 Å². The number of halogens is 1. The normalized spacial score (nSPS) is 22.4. The molecule has 0 bridgehead atoms. The lowest BCUT2D eigenvalue weighted by atomic mass is 9.80. The van der Waals surface area contributed by atoms with Crippen molar-refractivity contribution in [1.82, 2.24) is 29.7 Å². The van der Waals surface area contributed by atoms with Gasteiger partial charge in [0.15, 0.2) is 5.65 Å². The molecule has 3 aromatic heterocycles. The van der Waals surface area contributed by atoms with Crippen molar-refractivity contribution in [2.45, 2.75) is 82.8 Å². The SMILES string of the molecule is Cc1nc2nc([C@H]3CCO[C@H](c4cnn(C5CC5)c4)C3)nc(-c3ccc(C4CCC4)cc3F)c2nc1C. The highest BCUT2D eigenvalue weighted by atomic mass is 19.1. The lowest BCUT2D eigenvalue weighted by molar-refractivity contribution is 0.00396. The number of aryl methyl sites for hydroxylation is 2. The predicted octanol–water partition coefficient (Wildman–Crippen LogP) is 6.28. The Morgan fingerprint density at radius 3 is 2.51 bits per heavy atom. The second-order valence-electron chi connectivity index (χ2n) is 10.9. The smallest absolute Gasteiger partial charge is 0.182 e. The largest absolute Gasteiger partial charge is 0.373 e. The lowest BCUT2D eigenvalue weighted by Gasteiger charge is -2.28. The van der Waals surface area contributed by atoms with Crippen molar-refractivity contribution >= 4 is 11.2 Å². The van der Waals surface area contributed by atoms with Crippen molar-refractivity contribution < 1.29 is 9.13 Å². The molecule has 4 aromatic rings. The number of benzene rings is 1. The number of aromatic nitrogens is 6. The van der Waals surface area contributed by atoms with Gasteiger partial charge in [0.1, 0.15) is 22.9 Å². The average molecular weight is 499 g/mol. The molecule has 3 fully saturated rings. The molecule has 190 valence electrons. The van der Waals surface area contributed by atoms with E-state index in [9.17, 15) is 0 Å². The lowest BCUT2D eigenvalue weighted by Crippen LogP contribution is -2.20. The second-order valence-corrected chi connectivity index (χ2v) is 10.9. The van der Waals surface area contributed by atoms with Gasteiger partial charge in [0.05, 0.1) is 29.7 Å². The van der Waals surface area contributed by atoms with Crippen LogP contribution in [0.15, 0.2) is 30.6 Å². The van der Waals surface area contributed by atoms with E-state index in [1.54, 1.807) is 6.07 Å². The van der Waals surface area contributed by atoms with Crippen LogP contribution in [0, 0.1) is 19.7 Å². The molecule has 0 spiro atoms. The highest BCUT2D eigenvalue weighted by Crippen LogP contribution is 2.41. The molecule has 4 heterocycles. The van der Waals surface area contributed by atoms with E-state index >= 15 is 4.39 Å². The maximum Gasteiger partial charge on any atom is 0.182 e. The summed E-state index contributed by atoms with van der Waals surface area (Å²) < 4.78 is 23.8. The van der Waals surface area contributed by atoms with Crippen molar-refractivity contribution in [3.05, 3.63) is 64.7 Å². The molecule has 7 rings (SSSR count). The first-order valence-electron chi connectivity index (χ1n) is 13.5. The molecule has 0 amide bonds. The van der Waals surface area contributed by atoms with Gasteiger partial charge in [0, 0.05) is 29.8 Å². The molecule has 0 unspecified atom stereocenters. The summed E-state index contributed by atoms with van der Waals surface area (Å²) in [7, 11) is 0. The van der Waals surface area contributed by atoms with Gasteiger partial charge in [-0.15, -0.1) is 0 Å². The zero-order chi connectivity index (χ0) is 25.1. The number of ether oxygens (including phenoxy) is 1. The molecule has 1 aromatic carbocycles. The van der Waals surface area contributed by atoms with Crippen LogP contribution >= 0.6 is 0 Å². The molecule has 2 atom stereocenters. The van der Waals surface area contributed by atoms with Crippen molar-refractivity contribution in [1.29, 1.82) is 0 Å². The third-order valence-electron chi connectivity index (χ3n) is 8.35. The molecular formula is C29H31FN6O. The van der Waals surface area contributed by atoms with Gasteiger partial charge in [-0.2, -0.15) is 5.10 Å². The van der Waals surface area contributed by atoms with Crippen LogP contribution in [0.5, 0.6) is 0 Å². The van der Waals surface area contributed by atoms with E-state index in [1.807, 2.05) is 32.2 Å². The fraction of sp³-hybridized carbons (Fsp3) is 0.483. The Bertz CT molecular complexity index is 1490. The first-order valence-corrected chi connectivity index (χ1v) is 13.5. The van der Waals surface area contributed by atoms with Crippen molar-refractivity contribution in [3.63, 3.8) is 0 Å². The third kappa shape index (κ3) is 4.21. The fourth-order valence-corrected chi connectivity index (χ4v) is 5.54. The number of hydrogen-bond acceptors (Lipinski definition) is 6. The molecule has 8 heteroatoms. The van der Waals surface area contributed by atoms with Crippen LogP contribution in [0.2, 0.25) is 0 Å². The molecule has 37 heavy (non-hydrogen) atoms. The zero-order valence-corrected chi connectivity index (χ0v) is 21.3. The minimum absolute atomic E-state index is 0.0571. The van der Waals surface area contributed by atoms with Crippen LogP contribution < -0.4 is 0 Å². The van der Waals surface area contributed by atoms with E-state index in [1.165, 1.54) is 19.3 Å². The molecule has 2 saturated carbocycles. The van der Waals surface area contributed by atoms with Gasteiger partial charge in [-0.05, 0) is 76.0 Å². The molecule has 2 aliphatic carbocycles. The Kier molecular flexibility index (Phi) is 5.53. The third-order valence-corrected chi connectivity index (χ3v) is 8.35. The summed E-state index contributed by atoms with van der Waals surface area (Å²) in [5.74, 6) is 0.972. The molecule has 7 nitrogen and oxygen atoms in total. The summed E-state index contributed by atoms with van der Waals surface area (Å²) in [4.78, 5) is 19.4. The Hall–Kier alpha value is -3.26. The van der Waals surface area contributed by atoms with E-state index in [2.05, 4.69) is 16.0 Å². The predicted molar refractivity (Wildman–Crippen MR) is 138 cm³/mol. The minimum Gasteiger partial charge on any atom is -0.373 e. The Morgan fingerprint density at radius 2 is 1.76 bits per heavy atom. The molecule has 1 aliphatic heterocycles. The van der Waals surface area contributed by atoms with Gasteiger partial charge < -0.3 is 4.74 Å². The van der Waals surface area contributed by atoms with Crippen LogP contribution in [-0.4, -0.2) is 36.3 Å². The van der Waals surface area contributed by atoms with Crippen molar-refractivity contribution in [2.75, 3.05) is 6.61 Å². The van der Waals surface area contributed by atoms with Gasteiger partial charge in [-0.3, -0.25) is 4.68 Å². The summed E-state index contributed by atoms with van der Waals surface area (Å²) in [6, 6.07) is 6.13. The average Bonchev–Trinajstić information content (AvgIpc) is 3.60. The topological polar surface area (TPSA) is 78.6 Å². The minimum atomic E-state index is -0.257. The van der Waals surface area contributed by atoms with Crippen LogP contribution in [0.4, 0.5) is 4.39 Å². The van der Waals surface area contributed by atoms with E-state index < -0.39 is 0 Å². The Labute approximate surface area is 215 Å². The summed E-state index contributed by atoms with van der Waals surface area (Å²) in [5, 5.41) is 4.55. The number of hydrogen-bond donors (Lipinski definition) is 0. The first kappa shape index (κ1) is 22.9. The first-order chi connectivity index (χ1) is 18.0. The summed E-state index contributed by atoms with van der Waals surface area (Å²) in [6.45, 7) is 4.46. The van der Waals surface area contributed by atoms with Crippen molar-refractivity contribution in [2.24, 2.45) is 0 Å². The summed E-state index contributed by atoms with van der Waals surface area (Å²) >= 11 is 0. The van der Waals surface area contributed by atoms with Gasteiger partial charge in [0.2, 0.25) is 0 Å². The Balaban J connectivity index is 1.27. The highest BCUT2D eigenvalue weighted by molar-refractivity contribution is 5.87. The number of fused-ring (bicyclic) bond motifs is 1. The fourth-order valence-electron chi connectivity index (χ4n) is 5.54. The van der Waals surface area contributed by atoms with Crippen LogP contribution in [0.25, 0.3) is 22.4 Å². The Morgan fingerprint density at radius 1 is 0.919 bits per heavy atom. The molecule has 0 radical (unpaired) electrons. The number of nitrogens with zero attached hydrogens (tertiary/aromatic N) is 6. The molecule has 0 N–H and O–H groups in total. The molecule has 3 aliphatic rings. The van der Waals surface area contributed by atoms with Gasteiger partial charge in [-0.25, -0.2) is 24.3 Å². The standard InChI is InChI=1S/C29H31FN6O/c1-16-17(2)33-29-27(32-16)26(23-9-6-19(12-24(23)30)18-4-3-5-18)34-28(35-29)20-10-11-37-25(13-20)21-14-31-36(15-21)22-7-8-22/h6,9,12,14-15,18,20,22,25H,3-5,7-8,10-11,13H2,1-2H3/t20-,25-/m0/s1. The molecular weight excluding hydrogens is 467 g/mol.